The predicted octanol–water partition coefficient (Wildman–Crippen LogP) is 1.61. The maximum Gasteiger partial charge on any atom is 0.191 e. The van der Waals surface area contributed by atoms with Gasteiger partial charge in [-0.25, -0.2) is 0 Å². The van der Waals surface area contributed by atoms with Crippen molar-refractivity contribution in [1.82, 2.24) is 4.90 Å². The lowest BCUT2D eigenvalue weighted by Gasteiger charge is -2.27. The van der Waals surface area contributed by atoms with E-state index in [1.165, 1.54) is 5.56 Å². The number of thioether (sulfide) groups is 1. The lowest BCUT2D eigenvalue weighted by atomic mass is 10.1. The Morgan fingerprint density at radius 3 is 2.62 bits per heavy atom. The summed E-state index contributed by atoms with van der Waals surface area (Å²) in [6.45, 7) is 2.68. The molecule has 1 aliphatic rings. The third kappa shape index (κ3) is 4.46. The second-order valence-electron chi connectivity index (χ2n) is 4.78. The summed E-state index contributed by atoms with van der Waals surface area (Å²) >= 11 is 1.97. The summed E-state index contributed by atoms with van der Waals surface area (Å²) in [7, 11) is 3.28. The minimum atomic E-state index is 0.663. The normalized spacial score (nSPS) is 15.9. The molecule has 0 spiro atoms. The van der Waals surface area contributed by atoms with Crippen LogP contribution >= 0.6 is 11.8 Å². The number of rotatable bonds is 5. The first-order chi connectivity index (χ1) is 10.2. The maximum atomic E-state index is 6.04. The second kappa shape index (κ2) is 8.02. The number of ether oxygens (including phenoxy) is 2. The number of hydrogen-bond donors (Lipinski definition) is 1. The molecule has 0 unspecified atom stereocenters. The van der Waals surface area contributed by atoms with E-state index in [0.717, 1.165) is 42.5 Å². The summed E-state index contributed by atoms with van der Waals surface area (Å²) in [6.07, 6.45) is 0.837. The highest BCUT2D eigenvalue weighted by Crippen LogP contribution is 2.27. The van der Waals surface area contributed by atoms with E-state index in [-0.39, 0.29) is 0 Å². The van der Waals surface area contributed by atoms with Gasteiger partial charge in [-0.05, 0) is 24.1 Å². The van der Waals surface area contributed by atoms with Crippen molar-refractivity contribution in [3.63, 3.8) is 0 Å². The van der Waals surface area contributed by atoms with Crippen LogP contribution in [0.15, 0.2) is 23.2 Å². The van der Waals surface area contributed by atoms with Crippen molar-refractivity contribution in [3.8, 4) is 11.5 Å². The minimum Gasteiger partial charge on any atom is -0.493 e. The average molecular weight is 309 g/mol. The number of nitrogens with two attached hydrogens (primary N) is 1. The van der Waals surface area contributed by atoms with E-state index in [1.807, 2.05) is 30.0 Å². The maximum absolute atomic E-state index is 6.04. The van der Waals surface area contributed by atoms with Crippen LogP contribution in [0.1, 0.15) is 5.56 Å². The van der Waals surface area contributed by atoms with Crippen LogP contribution < -0.4 is 15.2 Å². The van der Waals surface area contributed by atoms with Gasteiger partial charge in [-0.2, -0.15) is 11.8 Å². The van der Waals surface area contributed by atoms with Crippen LogP contribution in [0, 0.1) is 0 Å². The molecule has 0 radical (unpaired) electrons. The lowest BCUT2D eigenvalue weighted by molar-refractivity contribution is 0.354. The minimum absolute atomic E-state index is 0.663. The van der Waals surface area contributed by atoms with Crippen LogP contribution in [0.25, 0.3) is 0 Å². The standard InChI is InChI=1S/C15H23N3O2S/c1-19-13-4-3-12(11-14(13)20-2)5-6-17-15(16)18-7-9-21-10-8-18/h3-4,11H,5-10H2,1-2H3,(H2,16,17). The third-order valence-electron chi connectivity index (χ3n) is 3.46. The number of nitrogens with zero attached hydrogens (tertiary/aromatic N) is 2. The van der Waals surface area contributed by atoms with Crippen molar-refractivity contribution in [2.24, 2.45) is 10.7 Å². The molecule has 0 aromatic heterocycles. The molecule has 1 aromatic carbocycles. The highest BCUT2D eigenvalue weighted by molar-refractivity contribution is 7.99. The highest BCUT2D eigenvalue weighted by atomic mass is 32.2. The SMILES string of the molecule is COc1ccc(CCN=C(N)N2CCSCC2)cc1OC. The number of methoxy groups -OCH3 is 2. The summed E-state index contributed by atoms with van der Waals surface area (Å²) in [5.41, 5.74) is 7.20. The highest BCUT2D eigenvalue weighted by Gasteiger charge is 2.11. The molecule has 1 fully saturated rings. The molecule has 0 saturated carbocycles. The van der Waals surface area contributed by atoms with Gasteiger partial charge in [0.2, 0.25) is 0 Å². The van der Waals surface area contributed by atoms with Gasteiger partial charge in [0.1, 0.15) is 0 Å². The molecule has 2 N–H and O–H groups in total. The van der Waals surface area contributed by atoms with E-state index in [1.54, 1.807) is 14.2 Å². The molecule has 1 heterocycles. The van der Waals surface area contributed by atoms with Gasteiger partial charge in [0, 0.05) is 31.1 Å². The van der Waals surface area contributed by atoms with Crippen molar-refractivity contribution in [3.05, 3.63) is 23.8 Å². The number of benzene rings is 1. The van der Waals surface area contributed by atoms with Crippen LogP contribution in [0.5, 0.6) is 11.5 Å². The Labute approximate surface area is 130 Å². The van der Waals surface area contributed by atoms with Crippen LogP contribution in [-0.4, -0.2) is 56.2 Å². The van der Waals surface area contributed by atoms with E-state index in [4.69, 9.17) is 15.2 Å². The van der Waals surface area contributed by atoms with Crippen molar-refractivity contribution in [1.29, 1.82) is 0 Å². The monoisotopic (exact) mass is 309 g/mol. The fourth-order valence-corrected chi connectivity index (χ4v) is 3.13. The van der Waals surface area contributed by atoms with Gasteiger partial charge in [0.05, 0.1) is 14.2 Å². The topological polar surface area (TPSA) is 60.1 Å². The van der Waals surface area contributed by atoms with Crippen LogP contribution in [0.4, 0.5) is 0 Å². The molecule has 0 atom stereocenters. The largest absolute Gasteiger partial charge is 0.493 e. The van der Waals surface area contributed by atoms with Gasteiger partial charge in [0.15, 0.2) is 17.5 Å². The molecule has 1 aliphatic heterocycles. The van der Waals surface area contributed by atoms with Crippen LogP contribution in [-0.2, 0) is 6.42 Å². The van der Waals surface area contributed by atoms with Crippen molar-refractivity contribution in [2.45, 2.75) is 6.42 Å². The molecule has 1 aromatic rings. The summed E-state index contributed by atoms with van der Waals surface area (Å²) in [4.78, 5) is 6.64. The molecular formula is C15H23N3O2S. The van der Waals surface area contributed by atoms with Gasteiger partial charge in [-0.15, -0.1) is 0 Å². The van der Waals surface area contributed by atoms with E-state index < -0.39 is 0 Å². The quantitative estimate of drug-likeness (QED) is 0.661. The predicted molar refractivity (Wildman–Crippen MR) is 88.6 cm³/mol. The molecule has 116 valence electrons. The molecule has 2 rings (SSSR count). The van der Waals surface area contributed by atoms with Gasteiger partial charge in [-0.3, -0.25) is 4.99 Å². The van der Waals surface area contributed by atoms with E-state index in [2.05, 4.69) is 9.89 Å². The molecule has 5 nitrogen and oxygen atoms in total. The van der Waals surface area contributed by atoms with E-state index in [9.17, 15) is 0 Å². The molecule has 0 bridgehead atoms. The Kier molecular flexibility index (Phi) is 6.04. The molecule has 0 aliphatic carbocycles. The molecular weight excluding hydrogens is 286 g/mol. The second-order valence-corrected chi connectivity index (χ2v) is 6.00. The van der Waals surface area contributed by atoms with Crippen molar-refractivity contribution < 1.29 is 9.47 Å². The number of hydrogen-bond acceptors (Lipinski definition) is 4. The zero-order valence-electron chi connectivity index (χ0n) is 12.7. The fraction of sp³-hybridized carbons (Fsp3) is 0.533. The molecule has 0 amide bonds. The van der Waals surface area contributed by atoms with Crippen LogP contribution in [0.3, 0.4) is 0 Å². The number of guanidine groups is 1. The summed E-state index contributed by atoms with van der Waals surface area (Å²) < 4.78 is 10.5. The Morgan fingerprint density at radius 2 is 1.95 bits per heavy atom. The Bertz CT molecular complexity index is 488. The van der Waals surface area contributed by atoms with Crippen molar-refractivity contribution >= 4 is 17.7 Å². The smallest absolute Gasteiger partial charge is 0.191 e. The van der Waals surface area contributed by atoms with Gasteiger partial charge in [0.25, 0.3) is 0 Å². The van der Waals surface area contributed by atoms with Gasteiger partial charge in [-0.1, -0.05) is 6.07 Å². The zero-order chi connectivity index (χ0) is 15.1. The van der Waals surface area contributed by atoms with E-state index >= 15 is 0 Å². The summed E-state index contributed by atoms with van der Waals surface area (Å²) in [5, 5.41) is 0. The van der Waals surface area contributed by atoms with Gasteiger partial charge < -0.3 is 20.1 Å². The first-order valence-electron chi connectivity index (χ1n) is 7.08. The van der Waals surface area contributed by atoms with E-state index in [0.29, 0.717) is 12.5 Å². The Balaban J connectivity index is 1.90. The number of aliphatic imine (C=N–C) groups is 1. The molecule has 6 heteroatoms. The lowest BCUT2D eigenvalue weighted by Crippen LogP contribution is -2.42. The molecule has 21 heavy (non-hydrogen) atoms. The molecule has 1 saturated heterocycles. The average Bonchev–Trinajstić information content (AvgIpc) is 2.55. The first-order valence-corrected chi connectivity index (χ1v) is 8.23. The van der Waals surface area contributed by atoms with Gasteiger partial charge >= 0.3 is 0 Å². The summed E-state index contributed by atoms with van der Waals surface area (Å²) in [5.74, 6) is 4.42. The Hall–Kier alpha value is -1.56. The fourth-order valence-electron chi connectivity index (χ4n) is 2.23. The summed E-state index contributed by atoms with van der Waals surface area (Å²) in [6, 6.07) is 5.94. The van der Waals surface area contributed by atoms with Crippen LogP contribution in [0.2, 0.25) is 0 Å². The van der Waals surface area contributed by atoms with Crippen molar-refractivity contribution in [2.75, 3.05) is 45.4 Å². The first kappa shape index (κ1) is 15.8. The zero-order valence-corrected chi connectivity index (χ0v) is 13.5. The third-order valence-corrected chi connectivity index (χ3v) is 4.40. The Morgan fingerprint density at radius 1 is 1.24 bits per heavy atom.